The summed E-state index contributed by atoms with van der Waals surface area (Å²) in [6, 6.07) is 2.91. The number of nitrogens with two attached hydrogens (primary N) is 1. The average Bonchev–Trinajstić information content (AvgIpc) is 2.31. The second-order valence-electron chi connectivity index (χ2n) is 3.77. The smallest absolute Gasteiger partial charge is 0.323 e. The predicted molar refractivity (Wildman–Crippen MR) is 71.5 cm³/mol. The summed E-state index contributed by atoms with van der Waals surface area (Å²) in [5, 5.41) is 10.8. The molecule has 3 amide bonds. The molecule has 20 heavy (non-hydrogen) atoms. The van der Waals surface area contributed by atoms with Gasteiger partial charge in [-0.05, 0) is 18.2 Å². The van der Waals surface area contributed by atoms with Crippen molar-refractivity contribution >= 4 is 39.5 Å². The van der Waals surface area contributed by atoms with Gasteiger partial charge in [-0.25, -0.2) is 9.18 Å². The Labute approximate surface area is 121 Å². The highest BCUT2D eigenvalue weighted by Gasteiger charge is 2.20. The number of rotatable bonds is 5. The van der Waals surface area contributed by atoms with Crippen molar-refractivity contribution in [2.24, 2.45) is 5.73 Å². The van der Waals surface area contributed by atoms with Gasteiger partial charge in [-0.1, -0.05) is 15.9 Å². The van der Waals surface area contributed by atoms with Gasteiger partial charge in [0.1, 0.15) is 18.9 Å². The molecule has 1 aromatic carbocycles. The Kier molecular flexibility index (Phi) is 5.44. The molecule has 0 aliphatic rings. The fraction of sp³-hybridized carbons (Fsp3) is 0.182. The minimum atomic E-state index is -1.32. The van der Waals surface area contributed by atoms with Crippen LogP contribution in [0.15, 0.2) is 22.7 Å². The van der Waals surface area contributed by atoms with E-state index in [4.69, 9.17) is 10.8 Å². The van der Waals surface area contributed by atoms with Crippen LogP contribution >= 0.6 is 15.9 Å². The maximum atomic E-state index is 13.5. The molecular formula is C11H11BrFN3O4. The first-order chi connectivity index (χ1) is 9.29. The van der Waals surface area contributed by atoms with Gasteiger partial charge in [0.05, 0.1) is 5.69 Å². The van der Waals surface area contributed by atoms with Crippen molar-refractivity contribution in [2.75, 3.05) is 18.4 Å². The Balaban J connectivity index is 2.86. The van der Waals surface area contributed by atoms with Crippen molar-refractivity contribution in [1.29, 1.82) is 0 Å². The lowest BCUT2D eigenvalue weighted by atomic mass is 10.3. The summed E-state index contributed by atoms with van der Waals surface area (Å²) in [6.07, 6.45) is 0. The van der Waals surface area contributed by atoms with Crippen LogP contribution in [0.25, 0.3) is 0 Å². The number of nitrogens with one attached hydrogen (secondary N) is 1. The van der Waals surface area contributed by atoms with E-state index in [1.807, 2.05) is 0 Å². The van der Waals surface area contributed by atoms with Crippen LogP contribution in [0.3, 0.4) is 0 Å². The molecule has 7 nitrogen and oxygen atoms in total. The van der Waals surface area contributed by atoms with Gasteiger partial charge in [0, 0.05) is 4.47 Å². The number of primary amides is 1. The number of amides is 3. The quantitative estimate of drug-likeness (QED) is 0.737. The van der Waals surface area contributed by atoms with E-state index in [0.717, 1.165) is 6.07 Å². The first kappa shape index (κ1) is 15.9. The Morgan fingerprint density at radius 1 is 1.35 bits per heavy atom. The van der Waals surface area contributed by atoms with Crippen LogP contribution in [0.5, 0.6) is 0 Å². The maximum Gasteiger partial charge on any atom is 0.323 e. The molecule has 0 unspecified atom stereocenters. The number of hydrogen-bond acceptors (Lipinski definition) is 3. The summed E-state index contributed by atoms with van der Waals surface area (Å²) in [5.74, 6) is -2.90. The second kappa shape index (κ2) is 6.85. The first-order valence-corrected chi connectivity index (χ1v) is 6.10. The number of anilines is 1. The molecule has 4 N–H and O–H groups in total. The minimum Gasteiger partial charge on any atom is -0.480 e. The molecule has 0 fully saturated rings. The highest BCUT2D eigenvalue weighted by Crippen LogP contribution is 2.20. The number of aliphatic carboxylic acids is 1. The van der Waals surface area contributed by atoms with E-state index in [0.29, 0.717) is 9.37 Å². The van der Waals surface area contributed by atoms with Gasteiger partial charge in [-0.2, -0.15) is 0 Å². The van der Waals surface area contributed by atoms with Crippen LogP contribution in [0.1, 0.15) is 0 Å². The number of carbonyl (C=O) groups is 3. The van der Waals surface area contributed by atoms with Gasteiger partial charge in [-0.3, -0.25) is 9.59 Å². The molecule has 0 heterocycles. The largest absolute Gasteiger partial charge is 0.480 e. The van der Waals surface area contributed by atoms with Crippen LogP contribution < -0.4 is 11.1 Å². The number of carboxylic acid groups (broad SMARTS) is 1. The zero-order valence-corrected chi connectivity index (χ0v) is 11.7. The lowest BCUT2D eigenvalue weighted by molar-refractivity contribution is -0.137. The number of urea groups is 1. The third-order valence-electron chi connectivity index (χ3n) is 2.13. The normalized spacial score (nSPS) is 9.90. The highest BCUT2D eigenvalue weighted by molar-refractivity contribution is 9.10. The van der Waals surface area contributed by atoms with Crippen molar-refractivity contribution in [3.8, 4) is 0 Å². The monoisotopic (exact) mass is 347 g/mol. The van der Waals surface area contributed by atoms with E-state index in [-0.39, 0.29) is 5.69 Å². The Hall–Kier alpha value is -2.16. The maximum absolute atomic E-state index is 13.5. The third kappa shape index (κ3) is 4.84. The zero-order valence-electron chi connectivity index (χ0n) is 10.1. The molecule has 0 aliphatic carbocycles. The van der Waals surface area contributed by atoms with Gasteiger partial charge < -0.3 is 21.1 Å². The fourth-order valence-electron chi connectivity index (χ4n) is 1.34. The molecule has 9 heteroatoms. The van der Waals surface area contributed by atoms with Crippen LogP contribution in [-0.2, 0) is 9.59 Å². The summed E-state index contributed by atoms with van der Waals surface area (Å²) in [4.78, 5) is 33.9. The summed E-state index contributed by atoms with van der Waals surface area (Å²) < 4.78 is 14.0. The van der Waals surface area contributed by atoms with Gasteiger partial charge in [0.25, 0.3) is 0 Å². The van der Waals surface area contributed by atoms with Crippen LogP contribution in [0.2, 0.25) is 0 Å². The number of carboxylic acids is 1. The van der Waals surface area contributed by atoms with Crippen LogP contribution in [0.4, 0.5) is 14.9 Å². The molecule has 108 valence electrons. The lowest BCUT2D eigenvalue weighted by Crippen LogP contribution is -2.43. The molecule has 1 aromatic rings. The SMILES string of the molecule is NC(=O)CN(CC(=O)O)C(=O)Nc1cc(Br)ccc1F. The molecule has 0 spiro atoms. The number of carbonyl (C=O) groups excluding carboxylic acids is 2. The summed E-state index contributed by atoms with van der Waals surface area (Å²) >= 11 is 3.10. The van der Waals surface area contributed by atoms with Crippen LogP contribution in [-0.4, -0.2) is 41.0 Å². The minimum absolute atomic E-state index is 0.149. The van der Waals surface area contributed by atoms with Gasteiger partial charge in [-0.15, -0.1) is 0 Å². The van der Waals surface area contributed by atoms with Gasteiger partial charge >= 0.3 is 12.0 Å². The molecule has 0 atom stereocenters. The molecule has 0 saturated heterocycles. The second-order valence-corrected chi connectivity index (χ2v) is 4.69. The van der Waals surface area contributed by atoms with Crippen molar-refractivity contribution in [3.05, 3.63) is 28.5 Å². The van der Waals surface area contributed by atoms with Crippen molar-refractivity contribution in [3.63, 3.8) is 0 Å². The molecule has 0 radical (unpaired) electrons. The Morgan fingerprint density at radius 3 is 2.55 bits per heavy atom. The van der Waals surface area contributed by atoms with Gasteiger partial charge in [0.2, 0.25) is 5.91 Å². The Bertz CT molecular complexity index is 536. The average molecular weight is 348 g/mol. The van der Waals surface area contributed by atoms with E-state index in [1.165, 1.54) is 12.1 Å². The number of hydrogen-bond donors (Lipinski definition) is 3. The van der Waals surface area contributed by atoms with Crippen molar-refractivity contribution in [1.82, 2.24) is 4.90 Å². The molecule has 0 aliphatic heterocycles. The summed E-state index contributed by atoms with van der Waals surface area (Å²) in [6.45, 7) is -1.32. The van der Waals surface area contributed by atoms with E-state index in [1.54, 1.807) is 0 Å². The fourth-order valence-corrected chi connectivity index (χ4v) is 1.70. The topological polar surface area (TPSA) is 113 Å². The number of nitrogens with zero attached hydrogens (tertiary/aromatic N) is 1. The lowest BCUT2D eigenvalue weighted by Gasteiger charge is -2.19. The van der Waals surface area contributed by atoms with Crippen molar-refractivity contribution in [2.45, 2.75) is 0 Å². The van der Waals surface area contributed by atoms with Crippen LogP contribution in [0, 0.1) is 5.82 Å². The standard InChI is InChI=1S/C11H11BrFN3O4/c12-6-1-2-7(13)8(3-6)15-11(20)16(4-9(14)17)5-10(18)19/h1-3H,4-5H2,(H2,14,17)(H,15,20)(H,18,19). The number of halogens is 2. The predicted octanol–water partition coefficient (Wildman–Crippen LogP) is 0.992. The molecule has 1 rings (SSSR count). The zero-order chi connectivity index (χ0) is 15.3. The van der Waals surface area contributed by atoms with E-state index < -0.39 is 36.8 Å². The first-order valence-electron chi connectivity index (χ1n) is 5.30. The molecule has 0 aromatic heterocycles. The van der Waals surface area contributed by atoms with Crippen molar-refractivity contribution < 1.29 is 23.9 Å². The van der Waals surface area contributed by atoms with E-state index in [9.17, 15) is 18.8 Å². The van der Waals surface area contributed by atoms with E-state index in [2.05, 4.69) is 21.2 Å². The summed E-state index contributed by atoms with van der Waals surface area (Å²) in [7, 11) is 0. The summed E-state index contributed by atoms with van der Waals surface area (Å²) in [5.41, 5.74) is 4.77. The third-order valence-corrected chi connectivity index (χ3v) is 2.62. The molecule has 0 bridgehead atoms. The van der Waals surface area contributed by atoms with E-state index >= 15 is 0 Å². The highest BCUT2D eigenvalue weighted by atomic mass is 79.9. The number of benzene rings is 1. The molecular weight excluding hydrogens is 337 g/mol. The van der Waals surface area contributed by atoms with Gasteiger partial charge in [0.15, 0.2) is 0 Å². The Morgan fingerprint density at radius 2 is 2.00 bits per heavy atom. The molecule has 0 saturated carbocycles.